The number of rotatable bonds is 8. The van der Waals surface area contributed by atoms with Crippen molar-refractivity contribution in [3.05, 3.63) is 0 Å². The molecule has 0 radical (unpaired) electrons. The summed E-state index contributed by atoms with van der Waals surface area (Å²) in [7, 11) is 0. The molecule has 0 aromatic heterocycles. The van der Waals surface area contributed by atoms with Crippen LogP contribution in [0.3, 0.4) is 0 Å². The van der Waals surface area contributed by atoms with E-state index in [0.29, 0.717) is 12.0 Å². The van der Waals surface area contributed by atoms with Crippen LogP contribution in [0.4, 0.5) is 0 Å². The van der Waals surface area contributed by atoms with E-state index in [-0.39, 0.29) is 5.91 Å². The molecule has 1 atom stereocenters. The zero-order valence-electron chi connectivity index (χ0n) is 10.00. The minimum absolute atomic E-state index is 0.134. The van der Waals surface area contributed by atoms with E-state index >= 15 is 0 Å². The molecular weight excluding hydrogens is 220 g/mol. The zero-order chi connectivity index (χ0) is 11.6. The molecule has 2 aliphatic rings. The first-order valence-corrected chi connectivity index (χ1v) is 7.50. The van der Waals surface area contributed by atoms with Gasteiger partial charge in [0.1, 0.15) is 5.54 Å². The first kappa shape index (κ1) is 12.2. The Morgan fingerprint density at radius 1 is 1.44 bits per heavy atom. The fourth-order valence-electron chi connectivity index (χ4n) is 2.17. The third-order valence-corrected chi connectivity index (χ3v) is 4.79. The molecule has 2 rings (SSSR count). The van der Waals surface area contributed by atoms with Crippen LogP contribution < -0.4 is 11.1 Å². The lowest BCUT2D eigenvalue weighted by atomic mass is 9.94. The largest absolute Gasteiger partial charge is 0.368 e. The third-order valence-electron chi connectivity index (χ3n) is 3.43. The van der Waals surface area contributed by atoms with Crippen LogP contribution in [-0.2, 0) is 4.79 Å². The van der Waals surface area contributed by atoms with Crippen molar-refractivity contribution in [2.24, 2.45) is 11.7 Å². The van der Waals surface area contributed by atoms with Gasteiger partial charge in [-0.2, -0.15) is 11.8 Å². The molecule has 92 valence electrons. The SMILES string of the molecule is CCCSCC(NC1CC1)(C(N)=O)C1CC1. The van der Waals surface area contributed by atoms with E-state index in [2.05, 4.69) is 12.2 Å². The fraction of sp³-hybridized carbons (Fsp3) is 0.917. The highest BCUT2D eigenvalue weighted by Gasteiger charge is 2.51. The second kappa shape index (κ2) is 4.96. The first-order valence-electron chi connectivity index (χ1n) is 6.34. The molecule has 2 aliphatic carbocycles. The van der Waals surface area contributed by atoms with Crippen LogP contribution in [0.1, 0.15) is 39.0 Å². The topological polar surface area (TPSA) is 55.1 Å². The summed E-state index contributed by atoms with van der Waals surface area (Å²) >= 11 is 1.86. The number of hydrogen-bond donors (Lipinski definition) is 2. The van der Waals surface area contributed by atoms with E-state index in [9.17, 15) is 4.79 Å². The minimum Gasteiger partial charge on any atom is -0.368 e. The van der Waals surface area contributed by atoms with Gasteiger partial charge in [-0.3, -0.25) is 10.1 Å². The maximum atomic E-state index is 11.8. The Bertz CT molecular complexity index is 264. The highest BCUT2D eigenvalue weighted by molar-refractivity contribution is 7.99. The van der Waals surface area contributed by atoms with Crippen molar-refractivity contribution in [3.63, 3.8) is 0 Å². The highest BCUT2D eigenvalue weighted by atomic mass is 32.2. The molecule has 2 saturated carbocycles. The second-order valence-corrected chi connectivity index (χ2v) is 6.19. The predicted octanol–water partition coefficient (Wildman–Crippen LogP) is 1.52. The summed E-state index contributed by atoms with van der Waals surface area (Å²) in [5.41, 5.74) is 5.25. The van der Waals surface area contributed by atoms with Gasteiger partial charge in [-0.15, -0.1) is 0 Å². The van der Waals surface area contributed by atoms with Crippen LogP contribution in [0, 0.1) is 5.92 Å². The summed E-state index contributed by atoms with van der Waals surface area (Å²) in [4.78, 5) is 11.8. The first-order chi connectivity index (χ1) is 7.69. The summed E-state index contributed by atoms with van der Waals surface area (Å²) in [6, 6.07) is 0.551. The smallest absolute Gasteiger partial charge is 0.238 e. The number of hydrogen-bond acceptors (Lipinski definition) is 3. The molecule has 2 fully saturated rings. The van der Waals surface area contributed by atoms with Crippen LogP contribution >= 0.6 is 11.8 Å². The molecule has 0 spiro atoms. The molecule has 3 N–H and O–H groups in total. The van der Waals surface area contributed by atoms with Crippen molar-refractivity contribution < 1.29 is 4.79 Å². The average Bonchev–Trinajstić information content (AvgIpc) is 3.10. The molecule has 0 heterocycles. The standard InChI is InChI=1S/C12H22N2OS/c1-2-7-16-8-12(11(13)15,9-3-4-9)14-10-5-6-10/h9-10,14H,2-8H2,1H3,(H2,13,15). The minimum atomic E-state index is -0.402. The maximum Gasteiger partial charge on any atom is 0.238 e. The lowest BCUT2D eigenvalue weighted by molar-refractivity contribution is -0.124. The Balaban J connectivity index is 1.98. The van der Waals surface area contributed by atoms with E-state index in [1.807, 2.05) is 11.8 Å². The van der Waals surface area contributed by atoms with Gasteiger partial charge < -0.3 is 5.73 Å². The van der Waals surface area contributed by atoms with Crippen molar-refractivity contribution in [2.45, 2.75) is 50.6 Å². The van der Waals surface area contributed by atoms with Gasteiger partial charge >= 0.3 is 0 Å². The van der Waals surface area contributed by atoms with E-state index in [1.165, 1.54) is 12.8 Å². The number of nitrogens with one attached hydrogen (secondary N) is 1. The molecule has 16 heavy (non-hydrogen) atoms. The highest BCUT2D eigenvalue weighted by Crippen LogP contribution is 2.43. The predicted molar refractivity (Wildman–Crippen MR) is 68.4 cm³/mol. The summed E-state index contributed by atoms with van der Waals surface area (Å²) in [6.07, 6.45) is 5.90. The fourth-order valence-corrected chi connectivity index (χ4v) is 3.38. The summed E-state index contributed by atoms with van der Waals surface area (Å²) in [6.45, 7) is 2.17. The molecule has 1 amide bonds. The van der Waals surface area contributed by atoms with Crippen molar-refractivity contribution in [1.82, 2.24) is 5.32 Å². The van der Waals surface area contributed by atoms with Gasteiger partial charge in [0.25, 0.3) is 0 Å². The van der Waals surface area contributed by atoms with Gasteiger partial charge in [0.2, 0.25) is 5.91 Å². The lowest BCUT2D eigenvalue weighted by Crippen LogP contribution is -2.60. The molecule has 0 saturated heterocycles. The van der Waals surface area contributed by atoms with E-state index < -0.39 is 5.54 Å². The van der Waals surface area contributed by atoms with Gasteiger partial charge in [-0.05, 0) is 43.8 Å². The van der Waals surface area contributed by atoms with Crippen molar-refractivity contribution in [3.8, 4) is 0 Å². The number of thioether (sulfide) groups is 1. The molecule has 1 unspecified atom stereocenters. The molecule has 0 bridgehead atoms. The van der Waals surface area contributed by atoms with Crippen molar-refractivity contribution >= 4 is 17.7 Å². The van der Waals surface area contributed by atoms with Crippen LogP contribution in [-0.4, -0.2) is 29.0 Å². The van der Waals surface area contributed by atoms with Crippen LogP contribution in [0.2, 0.25) is 0 Å². The summed E-state index contributed by atoms with van der Waals surface area (Å²) in [5, 5.41) is 3.53. The van der Waals surface area contributed by atoms with E-state index in [4.69, 9.17) is 5.73 Å². The maximum absolute atomic E-state index is 11.8. The molecular formula is C12H22N2OS. The zero-order valence-corrected chi connectivity index (χ0v) is 10.8. The molecule has 0 aromatic carbocycles. The van der Waals surface area contributed by atoms with Gasteiger partial charge in [0, 0.05) is 11.8 Å². The molecule has 0 aliphatic heterocycles. The Kier molecular flexibility index (Phi) is 3.80. The Morgan fingerprint density at radius 3 is 2.56 bits per heavy atom. The summed E-state index contributed by atoms with van der Waals surface area (Å²) in [5.74, 6) is 2.34. The Morgan fingerprint density at radius 2 is 2.12 bits per heavy atom. The number of carbonyl (C=O) groups is 1. The lowest BCUT2D eigenvalue weighted by Gasteiger charge is -2.32. The number of primary amides is 1. The molecule has 3 nitrogen and oxygen atoms in total. The monoisotopic (exact) mass is 242 g/mol. The van der Waals surface area contributed by atoms with Gasteiger partial charge in [0.05, 0.1) is 0 Å². The van der Waals surface area contributed by atoms with Gasteiger partial charge in [-0.1, -0.05) is 6.92 Å². The average molecular weight is 242 g/mol. The Hall–Kier alpha value is -0.220. The molecule has 0 aromatic rings. The molecule has 4 heteroatoms. The quantitative estimate of drug-likeness (QED) is 0.634. The van der Waals surface area contributed by atoms with Crippen molar-refractivity contribution in [2.75, 3.05) is 11.5 Å². The normalized spacial score (nSPS) is 24.1. The van der Waals surface area contributed by atoms with E-state index in [1.54, 1.807) is 0 Å². The number of amides is 1. The second-order valence-electron chi connectivity index (χ2n) is 5.08. The third kappa shape index (κ3) is 2.72. The van der Waals surface area contributed by atoms with Gasteiger partial charge in [-0.25, -0.2) is 0 Å². The number of carbonyl (C=O) groups excluding carboxylic acids is 1. The van der Waals surface area contributed by atoms with Gasteiger partial charge in [0.15, 0.2) is 0 Å². The summed E-state index contributed by atoms with van der Waals surface area (Å²) < 4.78 is 0. The Labute approximate surface area is 102 Å². The van der Waals surface area contributed by atoms with Crippen LogP contribution in [0.25, 0.3) is 0 Å². The number of nitrogens with two attached hydrogens (primary N) is 1. The van der Waals surface area contributed by atoms with Crippen LogP contribution in [0.15, 0.2) is 0 Å². The van der Waals surface area contributed by atoms with E-state index in [0.717, 1.165) is 30.8 Å². The van der Waals surface area contributed by atoms with Crippen molar-refractivity contribution in [1.29, 1.82) is 0 Å². The van der Waals surface area contributed by atoms with Crippen LogP contribution in [0.5, 0.6) is 0 Å².